The molecule has 2 heterocycles. The molecule has 1 atom stereocenters. The fourth-order valence-electron chi connectivity index (χ4n) is 2.24. The zero-order chi connectivity index (χ0) is 13.1. The quantitative estimate of drug-likeness (QED) is 0.886. The van der Waals surface area contributed by atoms with Crippen molar-refractivity contribution in [3.8, 4) is 5.75 Å². The van der Waals surface area contributed by atoms with E-state index in [1.54, 1.807) is 12.4 Å². The van der Waals surface area contributed by atoms with E-state index in [9.17, 15) is 5.11 Å². The maximum atomic E-state index is 9.96. The molecule has 0 radical (unpaired) electrons. The molecule has 1 aromatic heterocycles. The van der Waals surface area contributed by atoms with Crippen LogP contribution in [0.5, 0.6) is 5.75 Å². The molecule has 0 spiro atoms. The van der Waals surface area contributed by atoms with Gasteiger partial charge in [0, 0.05) is 30.9 Å². The van der Waals surface area contributed by atoms with Gasteiger partial charge in [-0.15, -0.1) is 0 Å². The third-order valence-corrected chi connectivity index (χ3v) is 3.27. The molecule has 4 heteroatoms. The highest BCUT2D eigenvalue weighted by Gasteiger charge is 2.21. The average molecular weight is 256 g/mol. The SMILES string of the molecule is OC1CCOc2c(NCc3ccncc3)cccc21. The molecular weight excluding hydrogens is 240 g/mol. The number of aliphatic hydroxyl groups is 1. The minimum absolute atomic E-state index is 0.425. The third-order valence-electron chi connectivity index (χ3n) is 3.27. The number of rotatable bonds is 3. The summed E-state index contributed by atoms with van der Waals surface area (Å²) in [6.07, 6.45) is 3.78. The number of aliphatic hydroxyl groups excluding tert-OH is 1. The van der Waals surface area contributed by atoms with Crippen LogP contribution in [0.1, 0.15) is 23.7 Å². The number of benzene rings is 1. The maximum Gasteiger partial charge on any atom is 0.148 e. The highest BCUT2D eigenvalue weighted by atomic mass is 16.5. The number of fused-ring (bicyclic) bond motifs is 1. The number of nitrogens with zero attached hydrogens (tertiary/aromatic N) is 1. The first kappa shape index (κ1) is 12.0. The summed E-state index contributed by atoms with van der Waals surface area (Å²) in [6.45, 7) is 1.26. The van der Waals surface area contributed by atoms with E-state index in [1.165, 1.54) is 0 Å². The van der Waals surface area contributed by atoms with Gasteiger partial charge in [-0.05, 0) is 23.8 Å². The van der Waals surface area contributed by atoms with Gasteiger partial charge >= 0.3 is 0 Å². The lowest BCUT2D eigenvalue weighted by molar-refractivity contribution is 0.116. The molecule has 1 unspecified atom stereocenters. The molecule has 2 N–H and O–H groups in total. The molecule has 0 bridgehead atoms. The summed E-state index contributed by atoms with van der Waals surface area (Å²) >= 11 is 0. The van der Waals surface area contributed by atoms with Crippen molar-refractivity contribution in [2.45, 2.75) is 19.1 Å². The Kier molecular flexibility index (Phi) is 3.33. The van der Waals surface area contributed by atoms with Crippen molar-refractivity contribution in [2.24, 2.45) is 0 Å². The van der Waals surface area contributed by atoms with E-state index in [2.05, 4.69) is 10.3 Å². The molecule has 0 saturated carbocycles. The van der Waals surface area contributed by atoms with E-state index in [0.717, 1.165) is 22.6 Å². The highest BCUT2D eigenvalue weighted by molar-refractivity contribution is 5.61. The lowest BCUT2D eigenvalue weighted by Gasteiger charge is -2.24. The molecule has 98 valence electrons. The summed E-state index contributed by atoms with van der Waals surface area (Å²) in [7, 11) is 0. The van der Waals surface area contributed by atoms with Crippen LogP contribution in [0.3, 0.4) is 0 Å². The van der Waals surface area contributed by atoms with Gasteiger partial charge in [-0.3, -0.25) is 4.98 Å². The Bertz CT molecular complexity index is 557. The molecule has 0 saturated heterocycles. The van der Waals surface area contributed by atoms with Gasteiger partial charge in [0.1, 0.15) is 5.75 Å². The number of anilines is 1. The fourth-order valence-corrected chi connectivity index (χ4v) is 2.24. The van der Waals surface area contributed by atoms with E-state index in [4.69, 9.17) is 4.74 Å². The number of hydrogen-bond donors (Lipinski definition) is 2. The van der Waals surface area contributed by atoms with E-state index >= 15 is 0 Å². The summed E-state index contributed by atoms with van der Waals surface area (Å²) in [5, 5.41) is 13.3. The second-order valence-corrected chi connectivity index (χ2v) is 4.59. The van der Waals surface area contributed by atoms with E-state index in [1.807, 2.05) is 30.3 Å². The molecule has 1 aromatic carbocycles. The lowest BCUT2D eigenvalue weighted by Crippen LogP contribution is -2.15. The van der Waals surface area contributed by atoms with Crippen LogP contribution in [-0.4, -0.2) is 16.7 Å². The summed E-state index contributed by atoms with van der Waals surface area (Å²) in [5.74, 6) is 0.773. The monoisotopic (exact) mass is 256 g/mol. The van der Waals surface area contributed by atoms with Crippen LogP contribution < -0.4 is 10.1 Å². The van der Waals surface area contributed by atoms with Crippen LogP contribution >= 0.6 is 0 Å². The molecule has 1 aliphatic rings. The van der Waals surface area contributed by atoms with Crippen LogP contribution in [0.15, 0.2) is 42.7 Å². The summed E-state index contributed by atoms with van der Waals surface area (Å²) in [6, 6.07) is 9.76. The zero-order valence-corrected chi connectivity index (χ0v) is 10.5. The molecule has 0 aliphatic carbocycles. The van der Waals surface area contributed by atoms with E-state index in [-0.39, 0.29) is 0 Å². The molecule has 0 fully saturated rings. The Morgan fingerprint density at radius 2 is 2.11 bits per heavy atom. The highest BCUT2D eigenvalue weighted by Crippen LogP contribution is 2.37. The van der Waals surface area contributed by atoms with Gasteiger partial charge in [0.05, 0.1) is 18.4 Å². The van der Waals surface area contributed by atoms with Crippen molar-refractivity contribution in [3.05, 3.63) is 53.9 Å². The molecule has 1 aliphatic heterocycles. The van der Waals surface area contributed by atoms with Gasteiger partial charge in [-0.2, -0.15) is 0 Å². The van der Waals surface area contributed by atoms with Crippen molar-refractivity contribution >= 4 is 5.69 Å². The number of pyridine rings is 1. The summed E-state index contributed by atoms with van der Waals surface area (Å²) < 4.78 is 5.68. The van der Waals surface area contributed by atoms with E-state index < -0.39 is 6.10 Å². The van der Waals surface area contributed by atoms with Gasteiger partial charge in [0.15, 0.2) is 0 Å². The molecule has 19 heavy (non-hydrogen) atoms. The van der Waals surface area contributed by atoms with Gasteiger partial charge in [-0.25, -0.2) is 0 Å². The van der Waals surface area contributed by atoms with Gasteiger partial charge in [0.25, 0.3) is 0 Å². The van der Waals surface area contributed by atoms with Gasteiger partial charge < -0.3 is 15.2 Å². The Morgan fingerprint density at radius 1 is 1.26 bits per heavy atom. The smallest absolute Gasteiger partial charge is 0.148 e. The zero-order valence-electron chi connectivity index (χ0n) is 10.5. The number of aromatic nitrogens is 1. The largest absolute Gasteiger partial charge is 0.491 e. The average Bonchev–Trinajstić information content (AvgIpc) is 2.47. The van der Waals surface area contributed by atoms with Crippen molar-refractivity contribution in [1.82, 2.24) is 4.98 Å². The molecule has 4 nitrogen and oxygen atoms in total. The first-order valence-electron chi connectivity index (χ1n) is 6.41. The molecular formula is C15H16N2O2. The number of ether oxygens (including phenoxy) is 1. The number of hydrogen-bond acceptors (Lipinski definition) is 4. The van der Waals surface area contributed by atoms with Crippen LogP contribution in [0, 0.1) is 0 Å². The van der Waals surface area contributed by atoms with Crippen molar-refractivity contribution in [2.75, 3.05) is 11.9 Å². The Hall–Kier alpha value is -2.07. The standard InChI is InChI=1S/C15H16N2O2/c18-14-6-9-19-15-12(14)2-1-3-13(15)17-10-11-4-7-16-8-5-11/h1-5,7-8,14,17-18H,6,9-10H2. The van der Waals surface area contributed by atoms with Crippen LogP contribution in [0.25, 0.3) is 0 Å². The lowest BCUT2D eigenvalue weighted by atomic mass is 10.0. The molecule has 3 rings (SSSR count). The van der Waals surface area contributed by atoms with E-state index in [0.29, 0.717) is 19.6 Å². The van der Waals surface area contributed by atoms with Gasteiger partial charge in [0.2, 0.25) is 0 Å². The number of para-hydroxylation sites is 1. The minimum Gasteiger partial charge on any atom is -0.491 e. The van der Waals surface area contributed by atoms with Gasteiger partial charge in [-0.1, -0.05) is 12.1 Å². The third kappa shape index (κ3) is 2.53. The molecule has 2 aromatic rings. The van der Waals surface area contributed by atoms with Crippen molar-refractivity contribution in [1.29, 1.82) is 0 Å². The van der Waals surface area contributed by atoms with Crippen LogP contribution in [-0.2, 0) is 6.54 Å². The Balaban J connectivity index is 1.80. The Labute approximate surface area is 112 Å². The number of nitrogens with one attached hydrogen (secondary N) is 1. The fraction of sp³-hybridized carbons (Fsp3) is 0.267. The second-order valence-electron chi connectivity index (χ2n) is 4.59. The molecule has 0 amide bonds. The minimum atomic E-state index is -0.425. The maximum absolute atomic E-state index is 9.96. The Morgan fingerprint density at radius 3 is 2.95 bits per heavy atom. The first-order chi connectivity index (χ1) is 9.34. The first-order valence-corrected chi connectivity index (χ1v) is 6.41. The summed E-state index contributed by atoms with van der Waals surface area (Å²) in [5.41, 5.74) is 2.95. The van der Waals surface area contributed by atoms with Crippen LogP contribution in [0.2, 0.25) is 0 Å². The van der Waals surface area contributed by atoms with Crippen molar-refractivity contribution in [3.63, 3.8) is 0 Å². The topological polar surface area (TPSA) is 54.4 Å². The predicted molar refractivity (Wildman–Crippen MR) is 73.1 cm³/mol. The van der Waals surface area contributed by atoms with Crippen molar-refractivity contribution < 1.29 is 9.84 Å². The second kappa shape index (κ2) is 5.28. The summed E-state index contributed by atoms with van der Waals surface area (Å²) in [4.78, 5) is 4.00. The van der Waals surface area contributed by atoms with Crippen LogP contribution in [0.4, 0.5) is 5.69 Å². The normalized spacial score (nSPS) is 17.4. The predicted octanol–water partition coefficient (Wildman–Crippen LogP) is 2.51.